The van der Waals surface area contributed by atoms with Crippen molar-refractivity contribution < 1.29 is 32.9 Å². The molecule has 0 saturated carbocycles. The number of likely N-dealkylation sites (N-methyl/N-ethyl adjacent to an activating group) is 1. The van der Waals surface area contributed by atoms with Crippen LogP contribution in [0.3, 0.4) is 0 Å². The maximum absolute atomic E-state index is 12.8. The molecule has 3 atom stereocenters. The summed E-state index contributed by atoms with van der Waals surface area (Å²) in [6.07, 6.45) is 37.9. The Hall–Kier alpha value is -1.02. The number of unbranched alkanes of at least 4 members (excludes halogenated alkanes) is 22. The Balaban J connectivity index is 4.53. The molecule has 1 unspecified atom stereocenters. The smallest absolute Gasteiger partial charge is 0.268 e. The third kappa shape index (κ3) is 35.4. The molecule has 0 aliphatic carbocycles. The Morgan fingerprint density at radius 1 is 0.680 bits per heavy atom. The van der Waals surface area contributed by atoms with Gasteiger partial charge in [-0.05, 0) is 32.1 Å². The van der Waals surface area contributed by atoms with E-state index in [4.69, 9.17) is 9.05 Å². The van der Waals surface area contributed by atoms with Gasteiger partial charge in [-0.15, -0.1) is 0 Å². The summed E-state index contributed by atoms with van der Waals surface area (Å²) in [5.74, 6) is -0.209. The average molecular weight is 729 g/mol. The van der Waals surface area contributed by atoms with Gasteiger partial charge in [0.2, 0.25) is 5.91 Å². The summed E-state index contributed by atoms with van der Waals surface area (Å²) in [5, 5.41) is 13.7. The van der Waals surface area contributed by atoms with E-state index in [1.807, 2.05) is 27.2 Å². The van der Waals surface area contributed by atoms with Gasteiger partial charge in [-0.25, -0.2) is 0 Å². The number of nitrogens with one attached hydrogen (secondary N) is 1. The van der Waals surface area contributed by atoms with Gasteiger partial charge >= 0.3 is 0 Å². The number of quaternary nitrogens is 1. The number of hydrogen-bond acceptors (Lipinski definition) is 6. The van der Waals surface area contributed by atoms with Crippen molar-refractivity contribution in [3.8, 4) is 0 Å². The second-order valence-corrected chi connectivity index (χ2v) is 16.8. The number of phosphoric ester groups is 1. The van der Waals surface area contributed by atoms with Gasteiger partial charge in [0, 0.05) is 6.42 Å². The van der Waals surface area contributed by atoms with E-state index < -0.39 is 20.0 Å². The highest BCUT2D eigenvalue weighted by atomic mass is 31.2. The van der Waals surface area contributed by atoms with Crippen molar-refractivity contribution in [2.24, 2.45) is 0 Å². The lowest BCUT2D eigenvalue weighted by atomic mass is 10.0. The van der Waals surface area contributed by atoms with Crippen molar-refractivity contribution >= 4 is 13.7 Å². The molecule has 0 aromatic rings. The van der Waals surface area contributed by atoms with E-state index in [2.05, 4.69) is 31.3 Å². The number of nitrogens with zero attached hydrogens (tertiary/aromatic N) is 1. The van der Waals surface area contributed by atoms with E-state index in [-0.39, 0.29) is 19.1 Å². The molecule has 0 fully saturated rings. The average Bonchev–Trinajstić information content (AvgIpc) is 3.06. The van der Waals surface area contributed by atoms with E-state index in [1.165, 1.54) is 122 Å². The minimum absolute atomic E-state index is 0.00453. The van der Waals surface area contributed by atoms with Gasteiger partial charge in [0.15, 0.2) is 0 Å². The fraction of sp³-hybridized carbons (Fsp3) is 0.878. The lowest BCUT2D eigenvalue weighted by Gasteiger charge is -2.29. The number of phosphoric acid groups is 1. The zero-order valence-electron chi connectivity index (χ0n) is 33.4. The first kappa shape index (κ1) is 49.0. The van der Waals surface area contributed by atoms with Crippen LogP contribution < -0.4 is 10.2 Å². The lowest BCUT2D eigenvalue weighted by Crippen LogP contribution is -2.45. The second-order valence-electron chi connectivity index (χ2n) is 15.3. The molecule has 50 heavy (non-hydrogen) atoms. The largest absolute Gasteiger partial charge is 0.756 e. The molecule has 0 bridgehead atoms. The first-order valence-electron chi connectivity index (χ1n) is 20.7. The Kier molecular flexibility index (Phi) is 33.1. The number of rotatable bonds is 37. The molecule has 2 N–H and O–H groups in total. The summed E-state index contributed by atoms with van der Waals surface area (Å²) in [6, 6.07) is -0.896. The molecule has 0 aromatic carbocycles. The molecule has 0 heterocycles. The molecular formula is C41H81N2O6P. The number of hydrogen-bond donors (Lipinski definition) is 2. The molecular weight excluding hydrogens is 647 g/mol. The van der Waals surface area contributed by atoms with Crippen LogP contribution in [0.25, 0.3) is 0 Å². The topological polar surface area (TPSA) is 108 Å². The van der Waals surface area contributed by atoms with Gasteiger partial charge in [-0.1, -0.05) is 167 Å². The summed E-state index contributed by atoms with van der Waals surface area (Å²) in [4.78, 5) is 25.2. The van der Waals surface area contributed by atoms with E-state index >= 15 is 0 Å². The fourth-order valence-corrected chi connectivity index (χ4v) is 6.54. The molecule has 8 nitrogen and oxygen atoms in total. The van der Waals surface area contributed by atoms with Crippen molar-refractivity contribution in [1.29, 1.82) is 0 Å². The number of aliphatic hydroxyl groups is 1. The molecule has 0 spiro atoms. The van der Waals surface area contributed by atoms with Gasteiger partial charge < -0.3 is 28.8 Å². The molecule has 0 rings (SSSR count). The first-order chi connectivity index (χ1) is 24.0. The van der Waals surface area contributed by atoms with Crippen LogP contribution in [0, 0.1) is 0 Å². The molecule has 0 aliphatic heterocycles. The number of aliphatic hydroxyl groups excluding tert-OH is 1. The molecule has 0 saturated heterocycles. The SMILES string of the molecule is CCCCCCCCCCCC/C=C/CC/C=C/[C@@H](O)[C@H](COP(=O)([O-])OCC[N+](C)(C)C)NC(=O)CCCCCCCCCCCCCC. The van der Waals surface area contributed by atoms with Crippen molar-refractivity contribution in [2.75, 3.05) is 40.9 Å². The minimum Gasteiger partial charge on any atom is -0.756 e. The van der Waals surface area contributed by atoms with Gasteiger partial charge in [-0.2, -0.15) is 0 Å². The van der Waals surface area contributed by atoms with Crippen molar-refractivity contribution in [3.05, 3.63) is 24.3 Å². The summed E-state index contributed by atoms with van der Waals surface area (Å²) >= 11 is 0. The van der Waals surface area contributed by atoms with Crippen LogP contribution in [-0.4, -0.2) is 68.5 Å². The van der Waals surface area contributed by atoms with Crippen molar-refractivity contribution in [3.63, 3.8) is 0 Å². The number of carbonyl (C=O) groups excluding carboxylic acids is 1. The highest BCUT2D eigenvalue weighted by Crippen LogP contribution is 2.38. The lowest BCUT2D eigenvalue weighted by molar-refractivity contribution is -0.870. The highest BCUT2D eigenvalue weighted by molar-refractivity contribution is 7.45. The first-order valence-corrected chi connectivity index (χ1v) is 22.2. The van der Waals surface area contributed by atoms with Crippen LogP contribution in [0.1, 0.15) is 181 Å². The zero-order valence-corrected chi connectivity index (χ0v) is 34.2. The number of carbonyl (C=O) groups is 1. The Labute approximate surface area is 309 Å². The molecule has 0 aromatic heterocycles. The Bertz CT molecular complexity index is 876. The quantitative estimate of drug-likeness (QED) is 0.0285. The van der Waals surface area contributed by atoms with Crippen LogP contribution in [0.4, 0.5) is 0 Å². The van der Waals surface area contributed by atoms with Gasteiger partial charge in [0.05, 0.1) is 39.9 Å². The molecule has 1 amide bonds. The van der Waals surface area contributed by atoms with E-state index in [9.17, 15) is 19.4 Å². The van der Waals surface area contributed by atoms with E-state index in [0.29, 0.717) is 17.4 Å². The molecule has 0 aliphatic rings. The summed E-state index contributed by atoms with van der Waals surface area (Å²) in [6.45, 7) is 4.61. The molecule has 0 radical (unpaired) electrons. The van der Waals surface area contributed by atoms with Crippen LogP contribution in [0.15, 0.2) is 24.3 Å². The minimum atomic E-state index is -4.58. The normalized spacial score (nSPS) is 14.8. The number of allylic oxidation sites excluding steroid dienone is 3. The highest BCUT2D eigenvalue weighted by Gasteiger charge is 2.23. The van der Waals surface area contributed by atoms with Crippen LogP contribution >= 0.6 is 7.82 Å². The van der Waals surface area contributed by atoms with Crippen LogP contribution in [0.5, 0.6) is 0 Å². The zero-order chi connectivity index (χ0) is 37.2. The third-order valence-electron chi connectivity index (χ3n) is 9.16. The second kappa shape index (κ2) is 33.8. The molecule has 296 valence electrons. The Morgan fingerprint density at radius 2 is 1.12 bits per heavy atom. The predicted octanol–water partition coefficient (Wildman–Crippen LogP) is 10.3. The van der Waals surface area contributed by atoms with E-state index in [1.54, 1.807) is 6.08 Å². The van der Waals surface area contributed by atoms with Crippen molar-refractivity contribution in [1.82, 2.24) is 5.32 Å². The monoisotopic (exact) mass is 729 g/mol. The number of amides is 1. The molecule has 9 heteroatoms. The predicted molar refractivity (Wildman–Crippen MR) is 210 cm³/mol. The van der Waals surface area contributed by atoms with Gasteiger partial charge in [0.1, 0.15) is 13.2 Å². The maximum atomic E-state index is 12.8. The van der Waals surface area contributed by atoms with E-state index in [0.717, 1.165) is 38.5 Å². The Morgan fingerprint density at radius 3 is 1.62 bits per heavy atom. The fourth-order valence-electron chi connectivity index (χ4n) is 5.81. The maximum Gasteiger partial charge on any atom is 0.268 e. The van der Waals surface area contributed by atoms with Gasteiger partial charge in [-0.3, -0.25) is 9.36 Å². The van der Waals surface area contributed by atoms with Crippen LogP contribution in [0.2, 0.25) is 0 Å². The summed E-state index contributed by atoms with van der Waals surface area (Å²) in [7, 11) is 1.25. The summed E-state index contributed by atoms with van der Waals surface area (Å²) in [5.41, 5.74) is 0. The summed E-state index contributed by atoms with van der Waals surface area (Å²) < 4.78 is 23.1. The third-order valence-corrected chi connectivity index (χ3v) is 10.1. The van der Waals surface area contributed by atoms with Crippen LogP contribution in [-0.2, 0) is 18.4 Å². The van der Waals surface area contributed by atoms with Crippen molar-refractivity contribution in [2.45, 2.75) is 193 Å². The van der Waals surface area contributed by atoms with Gasteiger partial charge in [0.25, 0.3) is 7.82 Å². The standard InChI is InChI=1S/C41H81N2O6P/c1-6-8-10-12-14-16-18-20-21-22-23-24-26-28-30-32-34-40(44)39(38-49-50(46,47)48-37-36-43(3,4)5)42-41(45)35-33-31-29-27-25-19-17-15-13-11-9-7-2/h24,26,32,34,39-40,44H,6-23,25,27-31,33,35-38H2,1-5H3,(H-,42,45,46,47)/b26-24+,34-32+/t39-,40+/m0/s1.